The summed E-state index contributed by atoms with van der Waals surface area (Å²) in [6.45, 7) is 2.82. The zero-order valence-electron chi connectivity index (χ0n) is 14.3. The zero-order chi connectivity index (χ0) is 18.3. The number of nitrogens with zero attached hydrogens (tertiary/aromatic N) is 3. The molecule has 2 aromatic carbocycles. The average Bonchev–Trinajstić information content (AvgIpc) is 3.00. The maximum absolute atomic E-state index is 13.2. The van der Waals surface area contributed by atoms with Crippen LogP contribution in [0.3, 0.4) is 0 Å². The van der Waals surface area contributed by atoms with Gasteiger partial charge in [-0.15, -0.1) is 0 Å². The van der Waals surface area contributed by atoms with Crippen molar-refractivity contribution in [3.05, 3.63) is 93.3 Å². The predicted molar refractivity (Wildman–Crippen MR) is 98.3 cm³/mol. The molecule has 0 atom stereocenters. The SMILES string of the molecule is Cc1cc(C(=O)N2Cc3cccn3Cc3ccccc32)ccc1[N+](=O)[O-]. The minimum Gasteiger partial charge on any atom is -0.345 e. The van der Waals surface area contributed by atoms with Crippen LogP contribution < -0.4 is 4.90 Å². The smallest absolute Gasteiger partial charge is 0.272 e. The van der Waals surface area contributed by atoms with Crippen LogP contribution in [0.5, 0.6) is 0 Å². The van der Waals surface area contributed by atoms with Gasteiger partial charge < -0.3 is 9.47 Å². The fraction of sp³-hybridized carbons (Fsp3) is 0.150. The van der Waals surface area contributed by atoms with E-state index in [1.807, 2.05) is 42.6 Å². The molecule has 1 aliphatic rings. The molecule has 6 nitrogen and oxygen atoms in total. The maximum Gasteiger partial charge on any atom is 0.272 e. The largest absolute Gasteiger partial charge is 0.345 e. The summed E-state index contributed by atoms with van der Waals surface area (Å²) in [6, 6.07) is 16.3. The molecule has 2 heterocycles. The fourth-order valence-electron chi connectivity index (χ4n) is 3.42. The van der Waals surface area contributed by atoms with E-state index in [2.05, 4.69) is 4.57 Å². The van der Waals surface area contributed by atoms with E-state index in [1.165, 1.54) is 12.1 Å². The van der Waals surface area contributed by atoms with Gasteiger partial charge in [0.15, 0.2) is 0 Å². The number of fused-ring (bicyclic) bond motifs is 2. The van der Waals surface area contributed by atoms with E-state index in [0.29, 0.717) is 24.2 Å². The summed E-state index contributed by atoms with van der Waals surface area (Å²) in [7, 11) is 0. The third-order valence-electron chi connectivity index (χ3n) is 4.75. The number of aryl methyl sites for hydroxylation is 1. The highest BCUT2D eigenvalue weighted by molar-refractivity contribution is 6.06. The Morgan fingerprint density at radius 3 is 2.65 bits per heavy atom. The summed E-state index contributed by atoms with van der Waals surface area (Å²) in [5, 5.41) is 11.0. The van der Waals surface area contributed by atoms with Crippen molar-refractivity contribution in [1.29, 1.82) is 0 Å². The second kappa shape index (κ2) is 6.15. The summed E-state index contributed by atoms with van der Waals surface area (Å²) >= 11 is 0. The van der Waals surface area contributed by atoms with Gasteiger partial charge >= 0.3 is 0 Å². The Bertz CT molecular complexity index is 1020. The van der Waals surface area contributed by atoms with Crippen LogP contribution in [0, 0.1) is 17.0 Å². The van der Waals surface area contributed by atoms with Crippen LogP contribution >= 0.6 is 0 Å². The minimum absolute atomic E-state index is 0.0201. The molecular weight excluding hydrogens is 330 g/mol. The number of hydrogen-bond donors (Lipinski definition) is 0. The highest BCUT2D eigenvalue weighted by atomic mass is 16.6. The van der Waals surface area contributed by atoms with E-state index < -0.39 is 4.92 Å². The van der Waals surface area contributed by atoms with Crippen molar-refractivity contribution in [2.24, 2.45) is 0 Å². The Labute approximate surface area is 150 Å². The summed E-state index contributed by atoms with van der Waals surface area (Å²) < 4.78 is 2.13. The molecule has 0 bridgehead atoms. The van der Waals surface area contributed by atoms with Crippen LogP contribution in [0.4, 0.5) is 11.4 Å². The van der Waals surface area contributed by atoms with Gasteiger partial charge in [0, 0.05) is 41.3 Å². The first-order valence-corrected chi connectivity index (χ1v) is 8.33. The molecule has 3 aromatic rings. The van der Waals surface area contributed by atoms with E-state index in [1.54, 1.807) is 17.9 Å². The second-order valence-electron chi connectivity index (χ2n) is 6.41. The van der Waals surface area contributed by atoms with Crippen molar-refractivity contribution in [3.63, 3.8) is 0 Å². The predicted octanol–water partition coefficient (Wildman–Crippen LogP) is 3.91. The van der Waals surface area contributed by atoms with Crippen molar-refractivity contribution in [3.8, 4) is 0 Å². The topological polar surface area (TPSA) is 68.4 Å². The number of nitro groups is 1. The van der Waals surface area contributed by atoms with E-state index >= 15 is 0 Å². The van der Waals surface area contributed by atoms with Crippen molar-refractivity contribution in [2.75, 3.05) is 4.90 Å². The van der Waals surface area contributed by atoms with E-state index in [-0.39, 0.29) is 11.6 Å². The lowest BCUT2D eigenvalue weighted by Gasteiger charge is -2.23. The lowest BCUT2D eigenvalue weighted by molar-refractivity contribution is -0.385. The number of carbonyl (C=O) groups excluding carboxylic acids is 1. The summed E-state index contributed by atoms with van der Waals surface area (Å²) in [4.78, 5) is 25.6. The van der Waals surface area contributed by atoms with Gasteiger partial charge in [0.2, 0.25) is 0 Å². The number of anilines is 1. The molecule has 1 amide bonds. The molecule has 0 spiro atoms. The molecule has 26 heavy (non-hydrogen) atoms. The van der Waals surface area contributed by atoms with Gasteiger partial charge in [-0.25, -0.2) is 0 Å². The molecule has 0 aliphatic carbocycles. The van der Waals surface area contributed by atoms with Crippen molar-refractivity contribution in [1.82, 2.24) is 4.57 Å². The number of hydrogen-bond acceptors (Lipinski definition) is 3. The summed E-state index contributed by atoms with van der Waals surface area (Å²) in [5.41, 5.74) is 3.93. The van der Waals surface area contributed by atoms with Crippen molar-refractivity contribution < 1.29 is 9.72 Å². The van der Waals surface area contributed by atoms with Crippen LogP contribution in [0.1, 0.15) is 27.2 Å². The van der Waals surface area contributed by atoms with Gasteiger partial charge in [0.1, 0.15) is 0 Å². The van der Waals surface area contributed by atoms with Crippen LogP contribution in [-0.2, 0) is 13.1 Å². The number of benzene rings is 2. The molecular formula is C20H17N3O3. The standard InChI is InChI=1S/C20H17N3O3/c1-14-11-15(8-9-18(14)23(25)26)20(24)22-13-17-6-4-10-21(17)12-16-5-2-3-7-19(16)22/h2-11H,12-13H2,1H3. The molecule has 1 aliphatic heterocycles. The van der Waals surface area contributed by atoms with Gasteiger partial charge in [-0.2, -0.15) is 0 Å². The number of nitro benzene ring substituents is 1. The van der Waals surface area contributed by atoms with Gasteiger partial charge in [-0.05, 0) is 42.8 Å². The highest BCUT2D eigenvalue weighted by Crippen LogP contribution is 2.30. The molecule has 0 N–H and O–H groups in total. The number of aromatic nitrogens is 1. The van der Waals surface area contributed by atoms with Gasteiger partial charge in [-0.1, -0.05) is 18.2 Å². The van der Waals surface area contributed by atoms with Gasteiger partial charge in [0.25, 0.3) is 11.6 Å². The Balaban J connectivity index is 1.78. The summed E-state index contributed by atoms with van der Waals surface area (Å²) in [5.74, 6) is -0.162. The average molecular weight is 347 g/mol. The van der Waals surface area contributed by atoms with E-state index in [0.717, 1.165) is 16.9 Å². The molecule has 1 aromatic heterocycles. The first-order valence-electron chi connectivity index (χ1n) is 8.33. The number of carbonyl (C=O) groups is 1. The maximum atomic E-state index is 13.2. The molecule has 0 radical (unpaired) electrons. The van der Waals surface area contributed by atoms with Crippen LogP contribution in [0.15, 0.2) is 60.8 Å². The molecule has 0 saturated carbocycles. The van der Waals surface area contributed by atoms with Gasteiger partial charge in [0.05, 0.1) is 11.5 Å². The Kier molecular flexibility index (Phi) is 3.80. The summed E-state index contributed by atoms with van der Waals surface area (Å²) in [6.07, 6.45) is 2.01. The molecule has 0 unspecified atom stereocenters. The molecule has 0 fully saturated rings. The van der Waals surface area contributed by atoms with Crippen LogP contribution in [0.25, 0.3) is 0 Å². The Hall–Kier alpha value is -3.41. The fourth-order valence-corrected chi connectivity index (χ4v) is 3.42. The second-order valence-corrected chi connectivity index (χ2v) is 6.41. The number of amides is 1. The molecule has 130 valence electrons. The lowest BCUT2D eigenvalue weighted by Crippen LogP contribution is -2.30. The Morgan fingerprint density at radius 1 is 1.08 bits per heavy atom. The van der Waals surface area contributed by atoms with E-state index in [4.69, 9.17) is 0 Å². The first-order chi connectivity index (χ1) is 12.5. The highest BCUT2D eigenvalue weighted by Gasteiger charge is 2.25. The molecule has 6 heteroatoms. The monoisotopic (exact) mass is 347 g/mol. The van der Waals surface area contributed by atoms with Crippen molar-refractivity contribution in [2.45, 2.75) is 20.0 Å². The third-order valence-corrected chi connectivity index (χ3v) is 4.75. The molecule has 0 saturated heterocycles. The normalized spacial score (nSPS) is 12.9. The number of rotatable bonds is 2. The first kappa shape index (κ1) is 16.1. The quantitative estimate of drug-likeness (QED) is 0.521. The van der Waals surface area contributed by atoms with E-state index in [9.17, 15) is 14.9 Å². The molecule has 4 rings (SSSR count). The third kappa shape index (κ3) is 2.65. The lowest BCUT2D eigenvalue weighted by atomic mass is 10.1. The Morgan fingerprint density at radius 2 is 1.88 bits per heavy atom. The van der Waals surface area contributed by atoms with Crippen molar-refractivity contribution >= 4 is 17.3 Å². The zero-order valence-corrected chi connectivity index (χ0v) is 14.3. The van der Waals surface area contributed by atoms with Crippen LogP contribution in [-0.4, -0.2) is 15.4 Å². The number of para-hydroxylation sites is 1. The minimum atomic E-state index is -0.433. The van der Waals surface area contributed by atoms with Crippen LogP contribution in [0.2, 0.25) is 0 Å². The van der Waals surface area contributed by atoms with Gasteiger partial charge in [-0.3, -0.25) is 14.9 Å².